The topological polar surface area (TPSA) is 89.5 Å². The number of guanidine groups is 1. The summed E-state index contributed by atoms with van der Waals surface area (Å²) in [5.74, 6) is 0.893. The molecule has 0 aliphatic carbocycles. The lowest BCUT2D eigenvalue weighted by Crippen LogP contribution is -2.53. The zero-order chi connectivity index (χ0) is 18.1. The van der Waals surface area contributed by atoms with Crippen LogP contribution in [-0.2, 0) is 24.0 Å². The second-order valence-electron chi connectivity index (χ2n) is 6.38. The van der Waals surface area contributed by atoms with E-state index < -0.39 is 9.84 Å². The molecule has 25 heavy (non-hydrogen) atoms. The van der Waals surface area contributed by atoms with Crippen LogP contribution < -0.4 is 5.32 Å². The first kappa shape index (κ1) is 20.4. The number of nitrogens with one attached hydrogen (secondary N) is 1. The van der Waals surface area contributed by atoms with Gasteiger partial charge in [0.15, 0.2) is 5.96 Å². The third-order valence-corrected chi connectivity index (χ3v) is 5.11. The quantitative estimate of drug-likeness (QED) is 0.359. The summed E-state index contributed by atoms with van der Waals surface area (Å²) in [5.41, 5.74) is 0. The molecule has 2 saturated heterocycles. The number of aliphatic imine (C=N–C) groups is 1. The highest BCUT2D eigenvalue weighted by Crippen LogP contribution is 2.21. The highest BCUT2D eigenvalue weighted by molar-refractivity contribution is 7.90. The maximum atomic E-state index is 11.1. The molecule has 2 aliphatic rings. The molecule has 8 nitrogen and oxygen atoms in total. The molecule has 0 saturated carbocycles. The van der Waals surface area contributed by atoms with E-state index in [0.29, 0.717) is 19.8 Å². The van der Waals surface area contributed by atoms with Gasteiger partial charge in [-0.25, -0.2) is 8.42 Å². The van der Waals surface area contributed by atoms with Crippen molar-refractivity contribution >= 4 is 15.8 Å². The lowest BCUT2D eigenvalue weighted by Gasteiger charge is -2.37. The van der Waals surface area contributed by atoms with Gasteiger partial charge in [0, 0.05) is 32.5 Å². The van der Waals surface area contributed by atoms with Gasteiger partial charge in [-0.15, -0.1) is 0 Å². The molecule has 146 valence electrons. The number of nitrogens with zero attached hydrogens (tertiary/aromatic N) is 2. The average Bonchev–Trinajstić information content (AvgIpc) is 3.11. The van der Waals surface area contributed by atoms with Crippen LogP contribution >= 0.6 is 0 Å². The summed E-state index contributed by atoms with van der Waals surface area (Å²) in [6, 6.07) is 0. The van der Waals surface area contributed by atoms with Crippen molar-refractivity contribution in [3.63, 3.8) is 0 Å². The molecule has 2 fully saturated rings. The predicted molar refractivity (Wildman–Crippen MR) is 96.8 cm³/mol. The largest absolute Gasteiger partial charge is 0.378 e. The number of hydrogen-bond donors (Lipinski definition) is 1. The van der Waals surface area contributed by atoms with Crippen LogP contribution in [0.3, 0.4) is 0 Å². The van der Waals surface area contributed by atoms with Crippen LogP contribution in [0.5, 0.6) is 0 Å². The Morgan fingerprint density at radius 1 is 1.28 bits per heavy atom. The van der Waals surface area contributed by atoms with Crippen molar-refractivity contribution in [1.82, 2.24) is 10.2 Å². The molecule has 0 aromatic rings. The third-order valence-electron chi connectivity index (χ3n) is 4.20. The normalized spacial score (nSPS) is 25.4. The van der Waals surface area contributed by atoms with E-state index in [4.69, 9.17) is 14.2 Å². The Hall–Kier alpha value is -0.900. The van der Waals surface area contributed by atoms with Crippen molar-refractivity contribution < 1.29 is 22.6 Å². The summed E-state index contributed by atoms with van der Waals surface area (Å²) in [6.45, 7) is 6.99. The van der Waals surface area contributed by atoms with Crippen LogP contribution in [0, 0.1) is 0 Å². The van der Waals surface area contributed by atoms with Crippen molar-refractivity contribution in [2.45, 2.75) is 32.0 Å². The number of morpholine rings is 1. The van der Waals surface area contributed by atoms with Gasteiger partial charge >= 0.3 is 0 Å². The lowest BCUT2D eigenvalue weighted by molar-refractivity contribution is -0.0817. The molecule has 2 atom stereocenters. The van der Waals surface area contributed by atoms with Crippen molar-refractivity contribution in [3.8, 4) is 0 Å². The number of hydrogen-bond acceptors (Lipinski definition) is 6. The molecular weight excluding hydrogens is 346 g/mol. The maximum absolute atomic E-state index is 11.1. The fraction of sp³-hybridized carbons (Fsp3) is 0.938. The van der Waals surface area contributed by atoms with Crippen LogP contribution in [0.1, 0.15) is 19.8 Å². The van der Waals surface area contributed by atoms with Gasteiger partial charge in [-0.1, -0.05) is 0 Å². The zero-order valence-electron chi connectivity index (χ0n) is 15.3. The first-order valence-corrected chi connectivity index (χ1v) is 11.1. The molecule has 0 amide bonds. The van der Waals surface area contributed by atoms with Gasteiger partial charge in [0.2, 0.25) is 0 Å². The second-order valence-corrected chi connectivity index (χ2v) is 8.64. The summed E-state index contributed by atoms with van der Waals surface area (Å²) in [7, 11) is -2.97. The van der Waals surface area contributed by atoms with Gasteiger partial charge in [-0.05, 0) is 19.8 Å². The molecule has 1 N–H and O–H groups in total. The van der Waals surface area contributed by atoms with E-state index in [0.717, 1.165) is 45.0 Å². The molecule has 0 aromatic carbocycles. The van der Waals surface area contributed by atoms with E-state index in [9.17, 15) is 8.42 Å². The Balaban J connectivity index is 1.79. The number of sulfone groups is 1. The van der Waals surface area contributed by atoms with E-state index in [1.807, 2.05) is 6.92 Å². The highest BCUT2D eigenvalue weighted by atomic mass is 32.2. The van der Waals surface area contributed by atoms with Gasteiger partial charge in [-0.3, -0.25) is 4.99 Å². The minimum atomic E-state index is -2.97. The van der Waals surface area contributed by atoms with Crippen molar-refractivity contribution in [2.24, 2.45) is 4.99 Å². The van der Waals surface area contributed by atoms with Gasteiger partial charge in [0.05, 0.1) is 38.2 Å². The Labute approximate surface area is 150 Å². The van der Waals surface area contributed by atoms with E-state index in [-0.39, 0.29) is 24.6 Å². The van der Waals surface area contributed by atoms with E-state index >= 15 is 0 Å². The summed E-state index contributed by atoms with van der Waals surface area (Å²) >= 11 is 0. The second kappa shape index (κ2) is 10.3. The Bertz CT molecular complexity index is 520. The van der Waals surface area contributed by atoms with Gasteiger partial charge in [-0.2, -0.15) is 0 Å². The first-order chi connectivity index (χ1) is 12.0. The summed E-state index contributed by atoms with van der Waals surface area (Å²) in [4.78, 5) is 6.80. The monoisotopic (exact) mass is 377 g/mol. The van der Waals surface area contributed by atoms with Crippen molar-refractivity contribution in [1.29, 1.82) is 0 Å². The Morgan fingerprint density at radius 2 is 2.08 bits per heavy atom. The van der Waals surface area contributed by atoms with Crippen LogP contribution in [0.25, 0.3) is 0 Å². The van der Waals surface area contributed by atoms with Crippen molar-refractivity contribution in [2.75, 3.05) is 64.6 Å². The first-order valence-electron chi connectivity index (χ1n) is 9.01. The van der Waals surface area contributed by atoms with Gasteiger partial charge < -0.3 is 24.4 Å². The highest BCUT2D eigenvalue weighted by Gasteiger charge is 2.32. The molecular formula is C16H31N3O5S. The molecule has 2 heterocycles. The lowest BCUT2D eigenvalue weighted by atomic mass is 10.1. The van der Waals surface area contributed by atoms with Crippen LogP contribution in [0.2, 0.25) is 0 Å². The fourth-order valence-electron chi connectivity index (χ4n) is 2.94. The standard InChI is InChI=1S/C16H31N3O5S/c1-3-17-16(18-6-9-22-11-12-25(2,20)21)19-7-10-24-15(13-19)14-5-4-8-23-14/h14-15H,3-13H2,1-2H3,(H,17,18). The van der Waals surface area contributed by atoms with E-state index in [1.165, 1.54) is 6.26 Å². The van der Waals surface area contributed by atoms with Gasteiger partial charge in [0.1, 0.15) is 15.9 Å². The average molecular weight is 378 g/mol. The van der Waals surface area contributed by atoms with Crippen molar-refractivity contribution in [3.05, 3.63) is 0 Å². The predicted octanol–water partition coefficient (Wildman–Crippen LogP) is -0.107. The summed E-state index contributed by atoms with van der Waals surface area (Å²) in [6.07, 6.45) is 3.64. The molecule has 0 spiro atoms. The number of ether oxygens (including phenoxy) is 3. The number of rotatable bonds is 8. The molecule has 2 aliphatic heterocycles. The Kier molecular flexibility index (Phi) is 8.41. The third kappa shape index (κ3) is 7.47. The molecule has 9 heteroatoms. The van der Waals surface area contributed by atoms with E-state index in [1.54, 1.807) is 0 Å². The SMILES string of the molecule is CCNC(=NCCOCCS(C)(=O)=O)N1CCOC(C2CCCO2)C1. The molecule has 2 unspecified atom stereocenters. The smallest absolute Gasteiger partial charge is 0.194 e. The molecule has 0 radical (unpaired) electrons. The minimum Gasteiger partial charge on any atom is -0.378 e. The Morgan fingerprint density at radius 3 is 2.76 bits per heavy atom. The zero-order valence-corrected chi connectivity index (χ0v) is 16.1. The molecule has 0 aromatic heterocycles. The molecule has 0 bridgehead atoms. The van der Waals surface area contributed by atoms with Gasteiger partial charge in [0.25, 0.3) is 0 Å². The minimum absolute atomic E-state index is 0.0450. The van der Waals surface area contributed by atoms with E-state index in [2.05, 4.69) is 15.2 Å². The van der Waals surface area contributed by atoms with Crippen LogP contribution in [0.15, 0.2) is 4.99 Å². The van der Waals surface area contributed by atoms with Crippen LogP contribution in [-0.4, -0.2) is 96.1 Å². The summed E-state index contributed by atoms with van der Waals surface area (Å²) in [5, 5.41) is 3.31. The summed E-state index contributed by atoms with van der Waals surface area (Å²) < 4.78 is 39.1. The van der Waals surface area contributed by atoms with Crippen LogP contribution in [0.4, 0.5) is 0 Å². The fourth-order valence-corrected chi connectivity index (χ4v) is 3.36. The maximum Gasteiger partial charge on any atom is 0.194 e. The molecule has 2 rings (SSSR count).